The molecule has 4 nitrogen and oxygen atoms in total. The van der Waals surface area contributed by atoms with Crippen LogP contribution in [0.5, 0.6) is 0 Å². The zero-order chi connectivity index (χ0) is 38.6. The Kier molecular flexibility index (Phi) is 44.8. The lowest BCUT2D eigenvalue weighted by Crippen LogP contribution is -2.45. The Hall–Kier alpha value is -0.870. The van der Waals surface area contributed by atoms with E-state index in [2.05, 4.69) is 19.2 Å². The number of aliphatic hydroxyl groups excluding tert-OH is 2. The lowest BCUT2D eigenvalue weighted by molar-refractivity contribution is -0.123. The molecule has 0 fully saturated rings. The fourth-order valence-corrected chi connectivity index (χ4v) is 7.77. The van der Waals surface area contributed by atoms with Gasteiger partial charge < -0.3 is 15.5 Å². The quantitative estimate of drug-likeness (QED) is 0.0429. The van der Waals surface area contributed by atoms with E-state index < -0.39 is 12.1 Å². The Morgan fingerprint density at radius 3 is 0.981 bits per heavy atom. The van der Waals surface area contributed by atoms with Crippen molar-refractivity contribution in [2.75, 3.05) is 6.61 Å². The Balaban J connectivity index is 3.41. The van der Waals surface area contributed by atoms with Gasteiger partial charge in [-0.25, -0.2) is 0 Å². The molecular weight excluding hydrogens is 651 g/mol. The van der Waals surface area contributed by atoms with Gasteiger partial charge in [0, 0.05) is 6.42 Å². The number of carbonyl (C=O) groups excluding carboxylic acids is 1. The molecule has 0 aromatic rings. The van der Waals surface area contributed by atoms with Crippen molar-refractivity contribution in [1.82, 2.24) is 5.32 Å². The SMILES string of the molecule is CCCCCCCCCCCC/C=C/C(O)C(CO)NC(=O)CCCCCCCCCCCCCCCCCCCCCCCCCCCCCCC. The molecule has 3 N–H and O–H groups in total. The van der Waals surface area contributed by atoms with Crippen molar-refractivity contribution >= 4 is 5.91 Å². The van der Waals surface area contributed by atoms with E-state index >= 15 is 0 Å². The highest BCUT2D eigenvalue weighted by molar-refractivity contribution is 5.76. The number of unbranched alkanes of at least 4 members (excludes halogenated alkanes) is 38. The van der Waals surface area contributed by atoms with Crippen molar-refractivity contribution in [3.8, 4) is 0 Å². The Morgan fingerprint density at radius 2 is 0.698 bits per heavy atom. The number of rotatable bonds is 45. The molecule has 316 valence electrons. The third kappa shape index (κ3) is 42.1. The van der Waals surface area contributed by atoms with Crippen LogP contribution >= 0.6 is 0 Å². The number of hydrogen-bond donors (Lipinski definition) is 3. The van der Waals surface area contributed by atoms with E-state index in [1.807, 2.05) is 6.08 Å². The molecule has 0 spiro atoms. The second-order valence-electron chi connectivity index (χ2n) is 16.9. The number of aliphatic hydroxyl groups is 2. The minimum Gasteiger partial charge on any atom is -0.394 e. The van der Waals surface area contributed by atoms with E-state index in [9.17, 15) is 15.0 Å². The third-order valence-electron chi connectivity index (χ3n) is 11.5. The molecule has 0 rings (SSSR count). The smallest absolute Gasteiger partial charge is 0.220 e. The first-order valence-corrected chi connectivity index (χ1v) is 24.4. The van der Waals surface area contributed by atoms with Gasteiger partial charge in [-0.2, -0.15) is 0 Å². The monoisotopic (exact) mass is 748 g/mol. The van der Waals surface area contributed by atoms with E-state index in [1.54, 1.807) is 6.08 Å². The zero-order valence-electron chi connectivity index (χ0n) is 36.3. The van der Waals surface area contributed by atoms with Crippen molar-refractivity contribution < 1.29 is 15.0 Å². The van der Waals surface area contributed by atoms with Crippen LogP contribution in [0.25, 0.3) is 0 Å². The molecule has 2 unspecified atom stereocenters. The Morgan fingerprint density at radius 1 is 0.434 bits per heavy atom. The molecule has 53 heavy (non-hydrogen) atoms. The van der Waals surface area contributed by atoms with Gasteiger partial charge in [-0.05, 0) is 19.3 Å². The molecule has 0 saturated carbocycles. The van der Waals surface area contributed by atoms with Gasteiger partial charge in [0.25, 0.3) is 0 Å². The van der Waals surface area contributed by atoms with Gasteiger partial charge in [0.1, 0.15) is 0 Å². The zero-order valence-corrected chi connectivity index (χ0v) is 36.3. The van der Waals surface area contributed by atoms with Crippen molar-refractivity contribution in [2.24, 2.45) is 0 Å². The van der Waals surface area contributed by atoms with Crippen molar-refractivity contribution in [2.45, 2.75) is 289 Å². The van der Waals surface area contributed by atoms with Gasteiger partial charge in [0.15, 0.2) is 0 Å². The molecule has 1 amide bonds. The molecule has 0 saturated heterocycles. The summed E-state index contributed by atoms with van der Waals surface area (Å²) in [6.07, 6.45) is 57.8. The molecule has 0 heterocycles. The van der Waals surface area contributed by atoms with E-state index in [-0.39, 0.29) is 12.5 Å². The summed E-state index contributed by atoms with van der Waals surface area (Å²) in [6.45, 7) is 4.32. The summed E-state index contributed by atoms with van der Waals surface area (Å²) in [5, 5.41) is 23.0. The molecule has 2 atom stereocenters. The van der Waals surface area contributed by atoms with Crippen LogP contribution < -0.4 is 5.32 Å². The molecule has 0 aliphatic carbocycles. The first kappa shape index (κ1) is 52.1. The van der Waals surface area contributed by atoms with Crippen LogP contribution in [0.1, 0.15) is 277 Å². The van der Waals surface area contributed by atoms with Crippen LogP contribution in [0.4, 0.5) is 0 Å². The Bertz CT molecular complexity index is 725. The average molecular weight is 748 g/mol. The minimum absolute atomic E-state index is 0.0591. The highest BCUT2D eigenvalue weighted by atomic mass is 16.3. The van der Waals surface area contributed by atoms with E-state index in [4.69, 9.17) is 0 Å². The summed E-state index contributed by atoms with van der Waals surface area (Å²) in [4.78, 5) is 12.4. The minimum atomic E-state index is -0.833. The predicted octanol–water partition coefficient (Wildman–Crippen LogP) is 15.4. The second-order valence-corrected chi connectivity index (χ2v) is 16.9. The fraction of sp³-hybridized carbons (Fsp3) is 0.939. The van der Waals surface area contributed by atoms with Gasteiger partial charge in [0.05, 0.1) is 18.8 Å². The largest absolute Gasteiger partial charge is 0.394 e. The number of carbonyl (C=O) groups is 1. The van der Waals surface area contributed by atoms with Gasteiger partial charge in [-0.3, -0.25) is 4.79 Å². The molecule has 0 radical (unpaired) electrons. The first-order chi connectivity index (χ1) is 26.2. The lowest BCUT2D eigenvalue weighted by atomic mass is 10.0. The summed E-state index contributed by atoms with van der Waals surface area (Å²) in [5.41, 5.74) is 0. The van der Waals surface area contributed by atoms with Crippen LogP contribution in [0.2, 0.25) is 0 Å². The summed E-state index contributed by atoms with van der Waals surface area (Å²) < 4.78 is 0. The van der Waals surface area contributed by atoms with Crippen molar-refractivity contribution in [1.29, 1.82) is 0 Å². The first-order valence-electron chi connectivity index (χ1n) is 24.4. The summed E-state index contributed by atoms with van der Waals surface area (Å²) in [6, 6.07) is -0.616. The van der Waals surface area contributed by atoms with E-state index in [0.29, 0.717) is 6.42 Å². The maximum Gasteiger partial charge on any atom is 0.220 e. The molecule has 0 aliphatic rings. The topological polar surface area (TPSA) is 69.6 Å². The third-order valence-corrected chi connectivity index (χ3v) is 11.5. The van der Waals surface area contributed by atoms with Crippen LogP contribution in [0.15, 0.2) is 12.2 Å². The second kappa shape index (κ2) is 45.5. The highest BCUT2D eigenvalue weighted by Crippen LogP contribution is 2.17. The molecule has 0 aromatic carbocycles. The standard InChI is InChI=1S/C49H97NO3/c1-3-5-7-9-11-13-15-17-18-19-20-21-22-23-24-25-26-27-28-29-30-31-32-33-35-37-39-41-43-45-49(53)50-47(46-51)48(52)44-42-40-38-36-34-16-14-12-10-8-6-4-2/h42,44,47-48,51-52H,3-41,43,45-46H2,1-2H3,(H,50,53)/b44-42+. The van der Waals surface area contributed by atoms with Crippen LogP contribution in [-0.2, 0) is 4.79 Å². The molecule has 0 aliphatic heterocycles. The number of amides is 1. The summed E-state index contributed by atoms with van der Waals surface area (Å²) in [5.74, 6) is -0.0591. The molecule has 4 heteroatoms. The normalized spacial score (nSPS) is 12.9. The molecular formula is C49H97NO3. The predicted molar refractivity (Wildman–Crippen MR) is 235 cm³/mol. The van der Waals surface area contributed by atoms with E-state index in [1.165, 1.54) is 231 Å². The number of nitrogens with one attached hydrogen (secondary N) is 1. The fourth-order valence-electron chi connectivity index (χ4n) is 7.77. The summed E-state index contributed by atoms with van der Waals surface area (Å²) >= 11 is 0. The number of allylic oxidation sites excluding steroid dienone is 1. The average Bonchev–Trinajstić information content (AvgIpc) is 3.16. The Labute approximate surface area is 333 Å². The van der Waals surface area contributed by atoms with Crippen LogP contribution in [0, 0.1) is 0 Å². The maximum atomic E-state index is 12.4. The van der Waals surface area contributed by atoms with Gasteiger partial charge >= 0.3 is 0 Å². The number of hydrogen-bond acceptors (Lipinski definition) is 3. The molecule has 0 aromatic heterocycles. The maximum absolute atomic E-state index is 12.4. The van der Waals surface area contributed by atoms with Gasteiger partial charge in [0.2, 0.25) is 5.91 Å². The molecule has 0 bridgehead atoms. The van der Waals surface area contributed by atoms with Crippen LogP contribution in [0.3, 0.4) is 0 Å². The van der Waals surface area contributed by atoms with Gasteiger partial charge in [-0.1, -0.05) is 264 Å². The van der Waals surface area contributed by atoms with Crippen molar-refractivity contribution in [3.63, 3.8) is 0 Å². The van der Waals surface area contributed by atoms with E-state index in [0.717, 1.165) is 25.7 Å². The summed E-state index contributed by atoms with van der Waals surface area (Å²) in [7, 11) is 0. The highest BCUT2D eigenvalue weighted by Gasteiger charge is 2.18. The van der Waals surface area contributed by atoms with Crippen LogP contribution in [-0.4, -0.2) is 34.9 Å². The lowest BCUT2D eigenvalue weighted by Gasteiger charge is -2.20. The van der Waals surface area contributed by atoms with Gasteiger partial charge in [-0.15, -0.1) is 0 Å². The van der Waals surface area contributed by atoms with Crippen molar-refractivity contribution in [3.05, 3.63) is 12.2 Å².